The van der Waals surface area contributed by atoms with Crippen molar-refractivity contribution in [1.29, 1.82) is 0 Å². The Labute approximate surface area is 173 Å². The fourth-order valence-corrected chi connectivity index (χ4v) is 7.38. The molecule has 0 saturated carbocycles. The first kappa shape index (κ1) is 21.6. The van der Waals surface area contributed by atoms with Gasteiger partial charge in [0.05, 0.1) is 17.6 Å². The third-order valence-corrected chi connectivity index (χ3v) is 8.49. The van der Waals surface area contributed by atoms with E-state index in [1.165, 1.54) is 16.7 Å². The molecule has 0 spiro atoms. The first-order valence-electron chi connectivity index (χ1n) is 9.86. The van der Waals surface area contributed by atoms with Crippen LogP contribution in [0.2, 0.25) is 13.1 Å². The Bertz CT molecular complexity index is 737. The molecule has 0 radical (unpaired) electrons. The average Bonchev–Trinajstić information content (AvgIpc) is 3.18. The number of fused-ring (bicyclic) bond motifs is 1. The summed E-state index contributed by atoms with van der Waals surface area (Å²) >= 11 is 1.43. The largest absolute Gasteiger partial charge is 0.477 e. The molecule has 0 aromatic carbocycles. The van der Waals surface area contributed by atoms with Crippen molar-refractivity contribution in [2.75, 3.05) is 6.61 Å². The van der Waals surface area contributed by atoms with E-state index in [0.717, 1.165) is 12.8 Å². The maximum Gasteiger partial charge on any atom is 0.353 e. The summed E-state index contributed by atoms with van der Waals surface area (Å²) in [6.07, 6.45) is 1.60. The second-order valence-corrected chi connectivity index (χ2v) is 12.7. The van der Waals surface area contributed by atoms with Gasteiger partial charge in [-0.2, -0.15) is 0 Å². The number of carboxylic acid groups (broad SMARTS) is 1. The Hall–Kier alpha value is -1.09. The van der Waals surface area contributed by atoms with Gasteiger partial charge in [-0.05, 0) is 43.8 Å². The van der Waals surface area contributed by atoms with Gasteiger partial charge in [-0.25, -0.2) is 4.79 Å². The van der Waals surface area contributed by atoms with Gasteiger partial charge in [0, 0.05) is 11.5 Å². The molecule has 6 nitrogen and oxygen atoms in total. The average molecular weight is 426 g/mol. The molecule has 3 aliphatic heterocycles. The number of hydrogen-bond donors (Lipinski definition) is 1. The lowest BCUT2D eigenvalue weighted by atomic mass is 9.66. The molecule has 3 aliphatic rings. The van der Waals surface area contributed by atoms with E-state index in [2.05, 4.69) is 40.4 Å². The Kier molecular flexibility index (Phi) is 5.64. The minimum absolute atomic E-state index is 0.0507. The lowest BCUT2D eigenvalue weighted by molar-refractivity contribution is -0.173. The quantitative estimate of drug-likeness (QED) is 0.519. The standard InChI is InChI=1S/C20H31NO5SSi/c1-11(12-9-8-10-25-12)15-14(18(23)24)21-16(22)13(17(21)27-15)20(5,19(2,3)4)26-28(6)7/h12-13,17,28H,1,8-10H2,2-7H3,(H,23,24)/t12?,13-,17+,20?/m0/s1. The van der Waals surface area contributed by atoms with Crippen LogP contribution in [0.25, 0.3) is 0 Å². The Morgan fingerprint density at radius 2 is 2.00 bits per heavy atom. The van der Waals surface area contributed by atoms with Crippen molar-refractivity contribution in [2.45, 2.75) is 70.7 Å². The summed E-state index contributed by atoms with van der Waals surface area (Å²) in [6, 6.07) is 0. The summed E-state index contributed by atoms with van der Waals surface area (Å²) in [5.41, 5.74) is -0.204. The van der Waals surface area contributed by atoms with E-state index in [0.29, 0.717) is 17.1 Å². The molecule has 2 saturated heterocycles. The number of nitrogens with zero attached hydrogens (tertiary/aromatic N) is 1. The van der Waals surface area contributed by atoms with E-state index in [-0.39, 0.29) is 28.5 Å². The second kappa shape index (κ2) is 7.30. The third kappa shape index (κ3) is 3.28. The minimum atomic E-state index is -1.43. The van der Waals surface area contributed by atoms with Crippen LogP contribution < -0.4 is 0 Å². The van der Waals surface area contributed by atoms with E-state index < -0.39 is 26.5 Å². The van der Waals surface area contributed by atoms with Gasteiger partial charge in [0.2, 0.25) is 5.91 Å². The fraction of sp³-hybridized carbons (Fsp3) is 0.700. The smallest absolute Gasteiger partial charge is 0.353 e. The highest BCUT2D eigenvalue weighted by atomic mass is 32.2. The fourth-order valence-electron chi connectivity index (χ4n) is 4.25. The predicted octanol–water partition coefficient (Wildman–Crippen LogP) is 3.35. The number of β-lactam (4-membered cyclic amide) rings is 1. The number of hydrogen-bond acceptors (Lipinski definition) is 5. The first-order valence-corrected chi connectivity index (χ1v) is 13.5. The minimum Gasteiger partial charge on any atom is -0.477 e. The van der Waals surface area contributed by atoms with Crippen molar-refractivity contribution >= 4 is 32.7 Å². The highest BCUT2D eigenvalue weighted by Crippen LogP contribution is 2.58. The van der Waals surface area contributed by atoms with E-state index in [1.54, 1.807) is 0 Å². The molecule has 8 heteroatoms. The molecule has 3 heterocycles. The van der Waals surface area contributed by atoms with E-state index in [9.17, 15) is 14.7 Å². The molecule has 2 unspecified atom stereocenters. The molecule has 0 aromatic rings. The molecule has 1 N–H and O–H groups in total. The number of amides is 1. The molecular weight excluding hydrogens is 394 g/mol. The lowest BCUT2D eigenvalue weighted by Gasteiger charge is -2.56. The van der Waals surface area contributed by atoms with E-state index >= 15 is 0 Å². The summed E-state index contributed by atoms with van der Waals surface area (Å²) in [5, 5.41) is 9.56. The SMILES string of the molecule is C=C(C1=C(C(=O)O)N2C(=O)[C@H](C(C)(O[SiH](C)C)C(C)(C)C)[C@H]2S1)C1CCCO1. The van der Waals surface area contributed by atoms with Crippen molar-refractivity contribution in [1.82, 2.24) is 4.90 Å². The molecule has 2 fully saturated rings. The second-order valence-electron chi connectivity index (χ2n) is 9.23. The number of carboxylic acids is 1. The number of ether oxygens (including phenoxy) is 1. The number of carbonyl (C=O) groups excluding carboxylic acids is 1. The topological polar surface area (TPSA) is 76.1 Å². The van der Waals surface area contributed by atoms with Crippen LogP contribution in [0.3, 0.4) is 0 Å². The zero-order valence-corrected chi connectivity index (χ0v) is 19.5. The summed E-state index contributed by atoms with van der Waals surface area (Å²) in [7, 11) is -1.43. The van der Waals surface area contributed by atoms with Crippen LogP contribution in [0.4, 0.5) is 0 Å². The molecule has 0 aromatic heterocycles. The van der Waals surface area contributed by atoms with Crippen LogP contribution in [0.5, 0.6) is 0 Å². The van der Waals surface area contributed by atoms with Gasteiger partial charge in [0.25, 0.3) is 0 Å². The predicted molar refractivity (Wildman–Crippen MR) is 112 cm³/mol. The van der Waals surface area contributed by atoms with Gasteiger partial charge in [-0.15, -0.1) is 0 Å². The molecule has 0 aliphatic carbocycles. The Morgan fingerprint density at radius 3 is 2.46 bits per heavy atom. The zero-order chi connectivity index (χ0) is 21.0. The van der Waals surface area contributed by atoms with Gasteiger partial charge in [0.15, 0.2) is 9.04 Å². The molecule has 3 rings (SSSR count). The van der Waals surface area contributed by atoms with Crippen LogP contribution >= 0.6 is 11.8 Å². The first-order chi connectivity index (χ1) is 12.9. The lowest BCUT2D eigenvalue weighted by Crippen LogP contribution is -2.69. The number of thioether (sulfide) groups is 1. The van der Waals surface area contributed by atoms with Crippen molar-refractivity contribution in [3.63, 3.8) is 0 Å². The maximum atomic E-state index is 13.2. The van der Waals surface area contributed by atoms with Gasteiger partial charge in [-0.3, -0.25) is 9.69 Å². The van der Waals surface area contributed by atoms with E-state index in [4.69, 9.17) is 9.16 Å². The maximum absolute atomic E-state index is 13.2. The molecule has 4 atom stereocenters. The Morgan fingerprint density at radius 1 is 1.36 bits per heavy atom. The zero-order valence-electron chi connectivity index (χ0n) is 17.6. The van der Waals surface area contributed by atoms with Crippen molar-refractivity contribution in [2.24, 2.45) is 11.3 Å². The summed E-state index contributed by atoms with van der Waals surface area (Å²) in [4.78, 5) is 27.3. The van der Waals surface area contributed by atoms with Gasteiger partial charge in [-0.1, -0.05) is 39.1 Å². The monoisotopic (exact) mass is 425 g/mol. The van der Waals surface area contributed by atoms with Gasteiger partial charge >= 0.3 is 5.97 Å². The van der Waals surface area contributed by atoms with E-state index in [1.807, 2.05) is 6.92 Å². The molecule has 28 heavy (non-hydrogen) atoms. The van der Waals surface area contributed by atoms with Crippen molar-refractivity contribution in [3.8, 4) is 0 Å². The normalized spacial score (nSPS) is 29.8. The van der Waals surface area contributed by atoms with Crippen LogP contribution in [0.15, 0.2) is 22.8 Å². The molecular formula is C20H31NO5SSi. The summed E-state index contributed by atoms with van der Waals surface area (Å²) in [6.45, 7) is 17.2. The summed E-state index contributed by atoms with van der Waals surface area (Å²) < 4.78 is 12.2. The third-order valence-electron chi connectivity index (χ3n) is 6.11. The summed E-state index contributed by atoms with van der Waals surface area (Å²) in [5.74, 6) is -1.65. The van der Waals surface area contributed by atoms with Gasteiger partial charge in [0.1, 0.15) is 11.1 Å². The highest BCUT2D eigenvalue weighted by molar-refractivity contribution is 8.04. The van der Waals surface area contributed by atoms with Crippen molar-refractivity contribution < 1.29 is 23.9 Å². The number of rotatable bonds is 6. The highest BCUT2D eigenvalue weighted by Gasteiger charge is 2.65. The van der Waals surface area contributed by atoms with Crippen LogP contribution in [-0.2, 0) is 18.8 Å². The van der Waals surface area contributed by atoms with Crippen molar-refractivity contribution in [3.05, 3.63) is 22.8 Å². The number of carbonyl (C=O) groups is 2. The van der Waals surface area contributed by atoms with Crippen LogP contribution in [-0.4, -0.2) is 54.6 Å². The Balaban J connectivity index is 1.95. The van der Waals surface area contributed by atoms with Gasteiger partial charge < -0.3 is 14.3 Å². The van der Waals surface area contributed by atoms with Crippen LogP contribution in [0.1, 0.15) is 40.5 Å². The number of aliphatic carboxylic acids is 1. The molecule has 156 valence electrons. The van der Waals surface area contributed by atoms with Crippen LogP contribution in [0, 0.1) is 11.3 Å². The molecule has 0 bridgehead atoms. The molecule has 1 amide bonds.